The highest BCUT2D eigenvalue weighted by molar-refractivity contribution is 5.42. The van der Waals surface area contributed by atoms with Gasteiger partial charge in [0.1, 0.15) is 5.75 Å². The van der Waals surface area contributed by atoms with Crippen LogP contribution in [0, 0.1) is 0 Å². The molecule has 16 heavy (non-hydrogen) atoms. The monoisotopic (exact) mass is 223 g/mol. The molecule has 0 saturated heterocycles. The van der Waals surface area contributed by atoms with Gasteiger partial charge >= 0.3 is 0 Å². The van der Waals surface area contributed by atoms with Gasteiger partial charge in [0.2, 0.25) is 0 Å². The molecule has 1 aromatic rings. The van der Waals surface area contributed by atoms with Crippen LogP contribution in [-0.4, -0.2) is 26.2 Å². The van der Waals surface area contributed by atoms with Crippen molar-refractivity contribution in [1.82, 2.24) is 16.0 Å². The van der Waals surface area contributed by atoms with Crippen LogP contribution in [0.15, 0.2) is 12.1 Å². The lowest BCUT2D eigenvalue weighted by molar-refractivity contribution is 0.464. The Balaban J connectivity index is 3.03. The van der Waals surface area contributed by atoms with Crippen molar-refractivity contribution in [3.63, 3.8) is 0 Å². The van der Waals surface area contributed by atoms with Crippen LogP contribution >= 0.6 is 0 Å². The second-order valence-corrected chi connectivity index (χ2v) is 3.84. The van der Waals surface area contributed by atoms with Crippen molar-refractivity contribution in [2.75, 3.05) is 21.1 Å². The van der Waals surface area contributed by atoms with E-state index in [1.54, 1.807) is 0 Å². The van der Waals surface area contributed by atoms with Gasteiger partial charge in [-0.05, 0) is 44.4 Å². The third-order valence-corrected chi connectivity index (χ3v) is 2.50. The Morgan fingerprint density at radius 3 is 1.75 bits per heavy atom. The number of phenols is 1. The summed E-state index contributed by atoms with van der Waals surface area (Å²) in [7, 11) is 5.70. The maximum absolute atomic E-state index is 9.85. The number of nitrogens with one attached hydrogen (secondary N) is 3. The molecule has 4 heteroatoms. The first-order chi connectivity index (χ1) is 7.72. The number of hydrogen-bond donors (Lipinski definition) is 4. The molecule has 1 rings (SSSR count). The topological polar surface area (TPSA) is 56.3 Å². The predicted molar refractivity (Wildman–Crippen MR) is 66.4 cm³/mol. The molecule has 0 heterocycles. The summed E-state index contributed by atoms with van der Waals surface area (Å²) < 4.78 is 0. The third-order valence-electron chi connectivity index (χ3n) is 2.50. The molecule has 1 aromatic carbocycles. The Morgan fingerprint density at radius 2 is 1.25 bits per heavy atom. The van der Waals surface area contributed by atoms with Gasteiger partial charge < -0.3 is 21.1 Å². The second kappa shape index (κ2) is 6.48. The summed E-state index contributed by atoms with van der Waals surface area (Å²) in [5.41, 5.74) is 3.29. The van der Waals surface area contributed by atoms with E-state index in [-0.39, 0.29) is 0 Å². The quantitative estimate of drug-likeness (QED) is 0.569. The number of rotatable bonds is 6. The maximum Gasteiger partial charge on any atom is 0.120 e. The van der Waals surface area contributed by atoms with Gasteiger partial charge in [0.25, 0.3) is 0 Å². The normalized spacial score (nSPS) is 10.7. The molecule has 0 aliphatic rings. The van der Waals surface area contributed by atoms with E-state index in [1.165, 1.54) is 5.56 Å². The molecule has 0 bridgehead atoms. The zero-order valence-corrected chi connectivity index (χ0v) is 10.2. The van der Waals surface area contributed by atoms with Crippen molar-refractivity contribution < 1.29 is 5.11 Å². The number of hydrogen-bond acceptors (Lipinski definition) is 4. The molecular weight excluding hydrogens is 202 g/mol. The fraction of sp³-hybridized carbons (Fsp3) is 0.500. The minimum absolute atomic E-state index is 0.361. The van der Waals surface area contributed by atoms with E-state index in [2.05, 4.69) is 22.0 Å². The van der Waals surface area contributed by atoms with Crippen molar-refractivity contribution >= 4 is 0 Å². The zero-order valence-electron chi connectivity index (χ0n) is 10.2. The largest absolute Gasteiger partial charge is 0.508 e. The third kappa shape index (κ3) is 3.20. The lowest BCUT2D eigenvalue weighted by atomic mass is 10.0. The molecule has 90 valence electrons. The number of phenolic OH excluding ortho intramolecular Hbond substituents is 1. The Bertz CT molecular complexity index is 339. The van der Waals surface area contributed by atoms with E-state index in [0.29, 0.717) is 12.3 Å². The molecule has 0 unspecified atom stereocenters. The first-order valence-corrected chi connectivity index (χ1v) is 5.50. The van der Waals surface area contributed by atoms with Gasteiger partial charge in [-0.1, -0.05) is 0 Å². The van der Waals surface area contributed by atoms with Crippen LogP contribution in [0.2, 0.25) is 0 Å². The van der Waals surface area contributed by atoms with E-state index < -0.39 is 0 Å². The summed E-state index contributed by atoms with van der Waals surface area (Å²) in [6.07, 6.45) is 0. The van der Waals surface area contributed by atoms with Crippen LogP contribution < -0.4 is 16.0 Å². The van der Waals surface area contributed by atoms with Crippen LogP contribution in [-0.2, 0) is 19.6 Å². The molecule has 0 fully saturated rings. The van der Waals surface area contributed by atoms with E-state index in [1.807, 2.05) is 27.2 Å². The molecule has 0 aromatic heterocycles. The highest BCUT2D eigenvalue weighted by Gasteiger charge is 2.07. The number of benzene rings is 1. The molecule has 0 aliphatic carbocycles. The van der Waals surface area contributed by atoms with Gasteiger partial charge in [-0.2, -0.15) is 0 Å². The molecule has 4 N–H and O–H groups in total. The van der Waals surface area contributed by atoms with E-state index in [4.69, 9.17) is 0 Å². The summed E-state index contributed by atoms with van der Waals surface area (Å²) in [4.78, 5) is 0. The van der Waals surface area contributed by atoms with Gasteiger partial charge in [0, 0.05) is 25.2 Å². The molecular formula is C12H21N3O. The molecule has 0 atom stereocenters. The first-order valence-electron chi connectivity index (χ1n) is 5.50. The van der Waals surface area contributed by atoms with E-state index in [0.717, 1.165) is 24.2 Å². The van der Waals surface area contributed by atoms with Crippen LogP contribution in [0.25, 0.3) is 0 Å². The Kier molecular flexibility index (Phi) is 5.25. The average Bonchev–Trinajstić information content (AvgIpc) is 2.25. The predicted octanol–water partition coefficient (Wildman–Crippen LogP) is 0.550. The smallest absolute Gasteiger partial charge is 0.120 e. The van der Waals surface area contributed by atoms with Crippen molar-refractivity contribution in [2.45, 2.75) is 19.6 Å². The lowest BCUT2D eigenvalue weighted by Crippen LogP contribution is -2.14. The van der Waals surface area contributed by atoms with Gasteiger partial charge in [-0.3, -0.25) is 0 Å². The van der Waals surface area contributed by atoms with Crippen molar-refractivity contribution in [3.8, 4) is 5.75 Å². The number of aromatic hydroxyl groups is 1. The summed E-state index contributed by atoms with van der Waals surface area (Å²) in [6, 6.07) is 3.89. The van der Waals surface area contributed by atoms with Crippen LogP contribution in [0.5, 0.6) is 5.75 Å². The summed E-state index contributed by atoms with van der Waals surface area (Å²) >= 11 is 0. The molecule has 4 nitrogen and oxygen atoms in total. The molecule has 0 aliphatic heterocycles. The summed E-state index contributed by atoms with van der Waals surface area (Å²) in [5.74, 6) is 0.361. The average molecular weight is 223 g/mol. The zero-order chi connectivity index (χ0) is 12.0. The highest BCUT2D eigenvalue weighted by atomic mass is 16.3. The molecule has 0 spiro atoms. The van der Waals surface area contributed by atoms with Crippen molar-refractivity contribution in [1.29, 1.82) is 0 Å². The minimum Gasteiger partial charge on any atom is -0.508 e. The second-order valence-electron chi connectivity index (χ2n) is 3.84. The van der Waals surface area contributed by atoms with Gasteiger partial charge in [0.15, 0.2) is 0 Å². The summed E-state index contributed by atoms with van der Waals surface area (Å²) in [5, 5.41) is 19.2. The fourth-order valence-electron chi connectivity index (χ4n) is 1.77. The van der Waals surface area contributed by atoms with E-state index >= 15 is 0 Å². The molecule has 0 amide bonds. The Hall–Kier alpha value is -1.10. The fourth-order valence-corrected chi connectivity index (χ4v) is 1.77. The first kappa shape index (κ1) is 13.0. The van der Waals surface area contributed by atoms with Crippen LogP contribution in [0.1, 0.15) is 16.7 Å². The van der Waals surface area contributed by atoms with Crippen molar-refractivity contribution in [2.24, 2.45) is 0 Å². The lowest BCUT2D eigenvalue weighted by Gasteiger charge is -2.13. The maximum atomic E-state index is 9.85. The van der Waals surface area contributed by atoms with E-state index in [9.17, 15) is 5.11 Å². The molecule has 0 saturated carbocycles. The van der Waals surface area contributed by atoms with Crippen LogP contribution in [0.4, 0.5) is 0 Å². The molecule has 0 radical (unpaired) electrons. The van der Waals surface area contributed by atoms with Gasteiger partial charge in [0.05, 0.1) is 0 Å². The Morgan fingerprint density at radius 1 is 0.812 bits per heavy atom. The van der Waals surface area contributed by atoms with Crippen LogP contribution in [0.3, 0.4) is 0 Å². The standard InChI is InChI=1S/C12H21N3O/c1-13-6-9-4-11(8-15-3)12(16)5-10(9)7-14-2/h4-5,13-16H,6-8H2,1-3H3. The SMILES string of the molecule is CNCc1cc(CNC)c(CNC)cc1O. The highest BCUT2D eigenvalue weighted by Crippen LogP contribution is 2.22. The summed E-state index contributed by atoms with van der Waals surface area (Å²) in [6.45, 7) is 2.26. The van der Waals surface area contributed by atoms with Crippen molar-refractivity contribution in [3.05, 3.63) is 28.8 Å². The minimum atomic E-state index is 0.361. The van der Waals surface area contributed by atoms with Gasteiger partial charge in [-0.15, -0.1) is 0 Å². The Labute approximate surface area is 97.1 Å². The van der Waals surface area contributed by atoms with Gasteiger partial charge in [-0.25, -0.2) is 0 Å².